The minimum atomic E-state index is -3.13. The van der Waals surface area contributed by atoms with Gasteiger partial charge in [0, 0.05) is 0 Å². The minimum Gasteiger partial charge on any atom is -0.326 e. The fourth-order valence-electron chi connectivity index (χ4n) is 0.938. The van der Waals surface area contributed by atoms with Crippen LogP contribution in [-0.2, 0) is 9.98 Å². The van der Waals surface area contributed by atoms with E-state index in [2.05, 4.69) is 51.1 Å². The summed E-state index contributed by atoms with van der Waals surface area (Å²) < 4.78 is 8.74. The fraction of sp³-hybridized carbons (Fsp3) is 0.400. The van der Waals surface area contributed by atoms with Crippen LogP contribution in [0.1, 0.15) is 26.3 Å². The van der Waals surface area contributed by atoms with Gasteiger partial charge in [-0.25, -0.2) is 0 Å². The summed E-state index contributed by atoms with van der Waals surface area (Å²) in [5.74, 6) is 0. The maximum Gasteiger partial charge on any atom is 0.314 e. The highest BCUT2D eigenvalue weighted by atomic mass is 31.1. The SMILES string of the molecule is CC(C)(C)c1ccccc1.O=[PH](O)O. The Kier molecular flexibility index (Phi) is 5.70. The first kappa shape index (κ1) is 13.4. The van der Waals surface area contributed by atoms with Crippen molar-refractivity contribution in [1.29, 1.82) is 0 Å². The van der Waals surface area contributed by atoms with Gasteiger partial charge in [0.05, 0.1) is 0 Å². The quantitative estimate of drug-likeness (QED) is 0.654. The van der Waals surface area contributed by atoms with E-state index in [0.29, 0.717) is 5.41 Å². The van der Waals surface area contributed by atoms with Crippen LogP contribution in [0.4, 0.5) is 0 Å². The summed E-state index contributed by atoms with van der Waals surface area (Å²) in [5.41, 5.74) is 1.69. The van der Waals surface area contributed by atoms with Crippen molar-refractivity contribution in [2.75, 3.05) is 0 Å². The molecule has 0 amide bonds. The largest absolute Gasteiger partial charge is 0.326 e. The third-order valence-corrected chi connectivity index (χ3v) is 1.64. The lowest BCUT2D eigenvalue weighted by molar-refractivity contribution is 0.405. The van der Waals surface area contributed by atoms with Gasteiger partial charge in [-0.1, -0.05) is 51.1 Å². The van der Waals surface area contributed by atoms with Gasteiger partial charge in [0.15, 0.2) is 0 Å². The van der Waals surface area contributed by atoms with Crippen molar-refractivity contribution >= 4 is 8.25 Å². The Morgan fingerprint density at radius 2 is 1.43 bits per heavy atom. The van der Waals surface area contributed by atoms with Crippen LogP contribution >= 0.6 is 8.25 Å². The van der Waals surface area contributed by atoms with Crippen LogP contribution in [0.15, 0.2) is 30.3 Å². The highest BCUT2D eigenvalue weighted by Gasteiger charge is 2.11. The standard InChI is InChI=1S/C10H14.H3O3P/c1-10(2,3)9-7-5-4-6-8-9;1-4(2)3/h4-8H,1-3H3;4H,(H2,1,2,3). The zero-order valence-electron chi connectivity index (χ0n) is 8.69. The molecule has 0 spiro atoms. The predicted molar refractivity (Wildman–Crippen MR) is 58.6 cm³/mol. The van der Waals surface area contributed by atoms with Crippen molar-refractivity contribution in [2.24, 2.45) is 0 Å². The second-order valence-corrected chi connectivity index (χ2v) is 4.46. The first-order valence-corrected chi connectivity index (χ1v) is 5.61. The van der Waals surface area contributed by atoms with Gasteiger partial charge in [0.25, 0.3) is 0 Å². The zero-order chi connectivity index (χ0) is 11.2. The second kappa shape index (κ2) is 5.97. The second-order valence-electron chi connectivity index (χ2n) is 3.90. The van der Waals surface area contributed by atoms with Crippen molar-refractivity contribution in [1.82, 2.24) is 0 Å². The summed E-state index contributed by atoms with van der Waals surface area (Å²) in [7, 11) is -3.13. The van der Waals surface area contributed by atoms with E-state index in [0.717, 1.165) is 0 Å². The van der Waals surface area contributed by atoms with Crippen LogP contribution in [0.3, 0.4) is 0 Å². The maximum atomic E-state index is 8.74. The van der Waals surface area contributed by atoms with E-state index in [4.69, 9.17) is 14.4 Å². The van der Waals surface area contributed by atoms with Crippen LogP contribution in [0.25, 0.3) is 0 Å². The molecule has 0 aliphatic heterocycles. The lowest BCUT2D eigenvalue weighted by Gasteiger charge is -2.18. The normalized spacial score (nSPS) is 10.7. The molecule has 0 heterocycles. The molecule has 0 atom stereocenters. The topological polar surface area (TPSA) is 57.5 Å². The molecule has 0 saturated carbocycles. The molecular weight excluding hydrogens is 199 g/mol. The van der Waals surface area contributed by atoms with Crippen LogP contribution in [-0.4, -0.2) is 9.79 Å². The van der Waals surface area contributed by atoms with E-state index in [9.17, 15) is 0 Å². The van der Waals surface area contributed by atoms with Crippen molar-refractivity contribution in [3.05, 3.63) is 35.9 Å². The Morgan fingerprint density at radius 1 is 1.07 bits per heavy atom. The van der Waals surface area contributed by atoms with Gasteiger partial charge in [0.1, 0.15) is 0 Å². The molecule has 0 radical (unpaired) electrons. The number of hydrogen-bond donors (Lipinski definition) is 2. The summed E-state index contributed by atoms with van der Waals surface area (Å²) in [6.45, 7) is 6.67. The van der Waals surface area contributed by atoms with E-state index in [1.54, 1.807) is 0 Å². The van der Waals surface area contributed by atoms with Gasteiger partial charge in [-0.05, 0) is 11.0 Å². The Hall–Kier alpha value is -0.630. The zero-order valence-corrected chi connectivity index (χ0v) is 9.69. The van der Waals surface area contributed by atoms with Crippen molar-refractivity contribution in [2.45, 2.75) is 26.2 Å². The number of rotatable bonds is 0. The van der Waals surface area contributed by atoms with E-state index < -0.39 is 8.25 Å². The predicted octanol–water partition coefficient (Wildman–Crippen LogP) is 2.34. The van der Waals surface area contributed by atoms with Gasteiger partial charge >= 0.3 is 8.25 Å². The monoisotopic (exact) mass is 216 g/mol. The van der Waals surface area contributed by atoms with Gasteiger partial charge < -0.3 is 9.79 Å². The van der Waals surface area contributed by atoms with Gasteiger partial charge in [-0.3, -0.25) is 4.57 Å². The van der Waals surface area contributed by atoms with Crippen LogP contribution in [0.5, 0.6) is 0 Å². The fourth-order valence-corrected chi connectivity index (χ4v) is 0.938. The summed E-state index contributed by atoms with van der Waals surface area (Å²) in [4.78, 5) is 14.3. The smallest absolute Gasteiger partial charge is 0.314 e. The third kappa shape index (κ3) is 6.84. The minimum absolute atomic E-state index is 0.293. The maximum absolute atomic E-state index is 8.74. The van der Waals surface area contributed by atoms with Gasteiger partial charge in [0.2, 0.25) is 0 Å². The molecule has 0 aliphatic carbocycles. The van der Waals surface area contributed by atoms with Crippen LogP contribution in [0, 0.1) is 0 Å². The molecule has 0 saturated heterocycles. The van der Waals surface area contributed by atoms with E-state index in [1.165, 1.54) is 5.56 Å². The molecule has 0 aromatic heterocycles. The highest BCUT2D eigenvalue weighted by molar-refractivity contribution is 7.30. The Bertz CT molecular complexity index is 273. The Morgan fingerprint density at radius 3 is 1.64 bits per heavy atom. The van der Waals surface area contributed by atoms with Crippen molar-refractivity contribution in [3.63, 3.8) is 0 Å². The first-order chi connectivity index (χ1) is 6.34. The lowest BCUT2D eigenvalue weighted by Crippen LogP contribution is -2.10. The molecule has 0 aliphatic rings. The molecular formula is C10H17O3P. The molecule has 14 heavy (non-hydrogen) atoms. The lowest BCUT2D eigenvalue weighted by atomic mass is 9.87. The molecule has 1 rings (SSSR count). The van der Waals surface area contributed by atoms with Crippen molar-refractivity contribution < 1.29 is 14.4 Å². The van der Waals surface area contributed by atoms with Crippen LogP contribution < -0.4 is 0 Å². The molecule has 3 nitrogen and oxygen atoms in total. The average molecular weight is 216 g/mol. The van der Waals surface area contributed by atoms with E-state index >= 15 is 0 Å². The summed E-state index contributed by atoms with van der Waals surface area (Å²) in [6, 6.07) is 10.6. The number of hydrogen-bond acceptors (Lipinski definition) is 1. The van der Waals surface area contributed by atoms with Crippen LogP contribution in [0.2, 0.25) is 0 Å². The van der Waals surface area contributed by atoms with E-state index in [1.807, 2.05) is 0 Å². The molecule has 0 fully saturated rings. The molecule has 0 unspecified atom stereocenters. The average Bonchev–Trinajstić information content (AvgIpc) is 2.03. The summed E-state index contributed by atoms with van der Waals surface area (Å²) in [6.07, 6.45) is 0. The summed E-state index contributed by atoms with van der Waals surface area (Å²) in [5, 5.41) is 0. The molecule has 4 heteroatoms. The molecule has 1 aromatic carbocycles. The first-order valence-electron chi connectivity index (χ1n) is 4.31. The van der Waals surface area contributed by atoms with E-state index in [-0.39, 0.29) is 0 Å². The number of benzene rings is 1. The molecule has 0 bridgehead atoms. The molecule has 80 valence electrons. The van der Waals surface area contributed by atoms with Gasteiger partial charge in [-0.2, -0.15) is 0 Å². The van der Waals surface area contributed by atoms with Crippen molar-refractivity contribution in [3.8, 4) is 0 Å². The Labute approximate surface area is 85.4 Å². The summed E-state index contributed by atoms with van der Waals surface area (Å²) >= 11 is 0. The molecule has 2 N–H and O–H groups in total. The third-order valence-electron chi connectivity index (χ3n) is 1.64. The highest BCUT2D eigenvalue weighted by Crippen LogP contribution is 2.20. The Balaban J connectivity index is 0.000000364. The molecule has 1 aromatic rings. The van der Waals surface area contributed by atoms with Gasteiger partial charge in [-0.15, -0.1) is 0 Å².